The maximum atomic E-state index is 12.5. The molecule has 6 heteroatoms. The minimum Gasteiger partial charge on any atom is -0.394 e. The van der Waals surface area contributed by atoms with E-state index in [0.717, 1.165) is 12.1 Å². The molecular weight excluding hydrogens is 259 g/mol. The molecule has 1 aliphatic rings. The van der Waals surface area contributed by atoms with Crippen LogP contribution in [0.3, 0.4) is 0 Å². The van der Waals surface area contributed by atoms with E-state index in [2.05, 4.69) is 0 Å². The first-order valence-electron chi connectivity index (χ1n) is 6.12. The number of halogens is 3. The Bertz CT molecular complexity index is 399. The van der Waals surface area contributed by atoms with Crippen LogP contribution in [0.5, 0.6) is 0 Å². The SMILES string of the molecule is OC[C@@H](c1ccc(C(F)(F)F)cc1)N1CCOCC1. The van der Waals surface area contributed by atoms with Crippen LogP contribution in [0.15, 0.2) is 24.3 Å². The standard InChI is InChI=1S/C13H16F3NO2/c14-13(15,16)11-3-1-10(2-4-11)12(9-18)17-5-7-19-8-6-17/h1-4,12,18H,5-9H2/t12-/m0/s1. The van der Waals surface area contributed by atoms with Gasteiger partial charge in [-0.25, -0.2) is 0 Å². The lowest BCUT2D eigenvalue weighted by atomic mass is 10.0. The number of ether oxygens (including phenoxy) is 1. The van der Waals surface area contributed by atoms with E-state index in [1.165, 1.54) is 12.1 Å². The van der Waals surface area contributed by atoms with E-state index < -0.39 is 11.7 Å². The fourth-order valence-corrected chi connectivity index (χ4v) is 2.22. The Morgan fingerprint density at radius 1 is 1.16 bits per heavy atom. The number of aliphatic hydroxyl groups is 1. The molecule has 0 aliphatic carbocycles. The summed E-state index contributed by atoms with van der Waals surface area (Å²) in [5.74, 6) is 0. The fraction of sp³-hybridized carbons (Fsp3) is 0.538. The Balaban J connectivity index is 2.14. The highest BCUT2D eigenvalue weighted by molar-refractivity contribution is 5.27. The number of aliphatic hydroxyl groups excluding tert-OH is 1. The first-order valence-corrected chi connectivity index (χ1v) is 6.12. The molecule has 0 bridgehead atoms. The molecule has 2 rings (SSSR count). The van der Waals surface area contributed by atoms with E-state index in [-0.39, 0.29) is 12.6 Å². The third-order valence-corrected chi connectivity index (χ3v) is 3.28. The van der Waals surface area contributed by atoms with Gasteiger partial charge in [-0.15, -0.1) is 0 Å². The van der Waals surface area contributed by atoms with E-state index in [1.807, 2.05) is 4.90 Å². The molecule has 0 unspecified atom stereocenters. The van der Waals surface area contributed by atoms with Crippen LogP contribution < -0.4 is 0 Å². The monoisotopic (exact) mass is 275 g/mol. The molecule has 3 nitrogen and oxygen atoms in total. The first-order chi connectivity index (χ1) is 9.02. The van der Waals surface area contributed by atoms with Crippen molar-refractivity contribution in [2.24, 2.45) is 0 Å². The summed E-state index contributed by atoms with van der Waals surface area (Å²) in [6.45, 7) is 2.39. The van der Waals surface area contributed by atoms with Crippen LogP contribution in [-0.2, 0) is 10.9 Å². The molecule has 19 heavy (non-hydrogen) atoms. The van der Waals surface area contributed by atoms with Crippen LogP contribution in [0.25, 0.3) is 0 Å². The predicted molar refractivity (Wildman–Crippen MR) is 63.7 cm³/mol. The Morgan fingerprint density at radius 3 is 2.21 bits per heavy atom. The number of benzene rings is 1. The van der Waals surface area contributed by atoms with Crippen LogP contribution in [-0.4, -0.2) is 42.9 Å². The summed E-state index contributed by atoms with van der Waals surface area (Å²) in [5, 5.41) is 9.46. The van der Waals surface area contributed by atoms with Gasteiger partial charge in [0.05, 0.1) is 31.4 Å². The number of hydrogen-bond donors (Lipinski definition) is 1. The van der Waals surface area contributed by atoms with Gasteiger partial charge in [0, 0.05) is 13.1 Å². The van der Waals surface area contributed by atoms with Gasteiger partial charge in [-0.1, -0.05) is 12.1 Å². The van der Waals surface area contributed by atoms with E-state index in [1.54, 1.807) is 0 Å². The van der Waals surface area contributed by atoms with Gasteiger partial charge in [-0.2, -0.15) is 13.2 Å². The second-order valence-corrected chi connectivity index (χ2v) is 4.47. The van der Waals surface area contributed by atoms with Crippen molar-refractivity contribution in [3.05, 3.63) is 35.4 Å². The van der Waals surface area contributed by atoms with Gasteiger partial charge in [-0.05, 0) is 17.7 Å². The van der Waals surface area contributed by atoms with E-state index in [4.69, 9.17) is 4.74 Å². The van der Waals surface area contributed by atoms with Crippen LogP contribution in [0.4, 0.5) is 13.2 Å². The smallest absolute Gasteiger partial charge is 0.394 e. The maximum Gasteiger partial charge on any atom is 0.416 e. The lowest BCUT2D eigenvalue weighted by Gasteiger charge is -2.33. The average molecular weight is 275 g/mol. The molecule has 0 radical (unpaired) electrons. The van der Waals surface area contributed by atoms with Crippen LogP contribution in [0.1, 0.15) is 17.2 Å². The molecule has 0 aromatic heterocycles. The molecule has 1 fully saturated rings. The number of alkyl halides is 3. The average Bonchev–Trinajstić information content (AvgIpc) is 2.40. The summed E-state index contributed by atoms with van der Waals surface area (Å²) in [4.78, 5) is 2.02. The van der Waals surface area contributed by atoms with Crippen molar-refractivity contribution in [3.63, 3.8) is 0 Å². The van der Waals surface area contributed by atoms with Gasteiger partial charge < -0.3 is 9.84 Å². The molecule has 106 valence electrons. The molecule has 1 saturated heterocycles. The predicted octanol–water partition coefficient (Wildman–Crippen LogP) is 2.07. The summed E-state index contributed by atoms with van der Waals surface area (Å²) >= 11 is 0. The lowest BCUT2D eigenvalue weighted by Crippen LogP contribution is -2.40. The summed E-state index contributed by atoms with van der Waals surface area (Å²) in [5.41, 5.74) is 0.0207. The van der Waals surface area contributed by atoms with Gasteiger partial charge in [0.2, 0.25) is 0 Å². The molecule has 1 aliphatic heterocycles. The topological polar surface area (TPSA) is 32.7 Å². The number of morpholine rings is 1. The minimum atomic E-state index is -4.33. The van der Waals surface area contributed by atoms with Crippen molar-refractivity contribution in [2.45, 2.75) is 12.2 Å². The van der Waals surface area contributed by atoms with Crippen molar-refractivity contribution in [2.75, 3.05) is 32.9 Å². The summed E-state index contributed by atoms with van der Waals surface area (Å²) in [6, 6.07) is 4.70. The largest absolute Gasteiger partial charge is 0.416 e. The van der Waals surface area contributed by atoms with Gasteiger partial charge >= 0.3 is 6.18 Å². The molecular formula is C13H16F3NO2. The van der Waals surface area contributed by atoms with Crippen molar-refractivity contribution < 1.29 is 23.0 Å². The second-order valence-electron chi connectivity index (χ2n) is 4.47. The number of rotatable bonds is 3. The summed E-state index contributed by atoms with van der Waals surface area (Å²) < 4.78 is 42.7. The Morgan fingerprint density at radius 2 is 1.74 bits per heavy atom. The lowest BCUT2D eigenvalue weighted by molar-refractivity contribution is -0.137. The summed E-state index contributed by atoms with van der Waals surface area (Å²) in [6.07, 6.45) is -4.33. The highest BCUT2D eigenvalue weighted by Gasteiger charge is 2.30. The maximum absolute atomic E-state index is 12.5. The molecule has 0 saturated carbocycles. The molecule has 1 aromatic rings. The zero-order valence-electron chi connectivity index (χ0n) is 10.4. The fourth-order valence-electron chi connectivity index (χ4n) is 2.22. The molecule has 1 atom stereocenters. The normalized spacial score (nSPS) is 19.4. The number of hydrogen-bond acceptors (Lipinski definition) is 3. The van der Waals surface area contributed by atoms with Crippen molar-refractivity contribution in [1.29, 1.82) is 0 Å². The van der Waals surface area contributed by atoms with Gasteiger partial charge in [0.25, 0.3) is 0 Å². The van der Waals surface area contributed by atoms with Crippen LogP contribution in [0, 0.1) is 0 Å². The number of nitrogens with zero attached hydrogens (tertiary/aromatic N) is 1. The van der Waals surface area contributed by atoms with Crippen LogP contribution in [0.2, 0.25) is 0 Å². The highest BCUT2D eigenvalue weighted by Crippen LogP contribution is 2.30. The first kappa shape index (κ1) is 14.3. The third-order valence-electron chi connectivity index (χ3n) is 3.28. The van der Waals surface area contributed by atoms with E-state index >= 15 is 0 Å². The van der Waals surface area contributed by atoms with Crippen LogP contribution >= 0.6 is 0 Å². The Labute approximate surface area is 109 Å². The van der Waals surface area contributed by atoms with Crippen molar-refractivity contribution in [1.82, 2.24) is 4.90 Å². The molecule has 1 N–H and O–H groups in total. The summed E-state index contributed by atoms with van der Waals surface area (Å²) in [7, 11) is 0. The van der Waals surface area contributed by atoms with Gasteiger partial charge in [0.1, 0.15) is 0 Å². The minimum absolute atomic E-state index is 0.120. The quantitative estimate of drug-likeness (QED) is 0.916. The zero-order valence-corrected chi connectivity index (χ0v) is 10.4. The molecule has 0 spiro atoms. The van der Waals surface area contributed by atoms with Gasteiger partial charge in [-0.3, -0.25) is 4.90 Å². The van der Waals surface area contributed by atoms with Crippen molar-refractivity contribution >= 4 is 0 Å². The zero-order chi connectivity index (χ0) is 13.9. The molecule has 1 heterocycles. The Kier molecular flexibility index (Phi) is 4.44. The third kappa shape index (κ3) is 3.46. The van der Waals surface area contributed by atoms with E-state index in [0.29, 0.717) is 31.9 Å². The molecule has 1 aromatic carbocycles. The van der Waals surface area contributed by atoms with Gasteiger partial charge in [0.15, 0.2) is 0 Å². The Hall–Kier alpha value is -1.11. The van der Waals surface area contributed by atoms with Crippen molar-refractivity contribution in [3.8, 4) is 0 Å². The molecule has 0 amide bonds. The second kappa shape index (κ2) is 5.90. The van der Waals surface area contributed by atoms with E-state index in [9.17, 15) is 18.3 Å². The highest BCUT2D eigenvalue weighted by atomic mass is 19.4.